The third-order valence-electron chi connectivity index (χ3n) is 3.21. The topological polar surface area (TPSA) is 72.0 Å². The lowest BCUT2D eigenvalue weighted by Gasteiger charge is -2.09. The van der Waals surface area contributed by atoms with Crippen molar-refractivity contribution in [1.29, 1.82) is 0 Å². The molecule has 0 radical (unpaired) electrons. The molecule has 0 fully saturated rings. The molecule has 0 heterocycles. The standard InChI is InChI=1S/C17H17BrClN3O3/c1-24-15-8-16(25-2)12(18)7-11(15)9-21-22-17(23)10-20-14-6-4-3-5-13(14)19/h3-9,20H,10H2,1-2H3,(H,22,23)/b21-9+. The predicted molar refractivity (Wildman–Crippen MR) is 103 cm³/mol. The SMILES string of the molecule is COc1cc(OC)c(/C=N/NC(=O)CNc2ccccc2Cl)cc1Br. The molecule has 0 aliphatic carbocycles. The van der Waals surface area contributed by atoms with Crippen molar-refractivity contribution in [2.75, 3.05) is 26.1 Å². The van der Waals surface area contributed by atoms with Crippen molar-refractivity contribution < 1.29 is 14.3 Å². The van der Waals surface area contributed by atoms with Crippen LogP contribution < -0.4 is 20.2 Å². The lowest BCUT2D eigenvalue weighted by Crippen LogP contribution is -2.26. The van der Waals surface area contributed by atoms with Gasteiger partial charge in [-0.05, 0) is 34.1 Å². The Bertz CT molecular complexity index is 784. The number of hydrazone groups is 1. The molecule has 0 aliphatic rings. The fraction of sp³-hybridized carbons (Fsp3) is 0.176. The number of para-hydroxylation sites is 1. The summed E-state index contributed by atoms with van der Waals surface area (Å²) in [5, 5.41) is 7.43. The zero-order valence-corrected chi connectivity index (χ0v) is 16.0. The molecule has 1 amide bonds. The van der Waals surface area contributed by atoms with Crippen molar-refractivity contribution in [2.45, 2.75) is 0 Å². The van der Waals surface area contributed by atoms with Crippen molar-refractivity contribution in [1.82, 2.24) is 5.43 Å². The summed E-state index contributed by atoms with van der Waals surface area (Å²) in [6, 6.07) is 10.7. The van der Waals surface area contributed by atoms with E-state index in [-0.39, 0.29) is 12.5 Å². The number of ether oxygens (including phenoxy) is 2. The molecule has 0 unspecified atom stereocenters. The smallest absolute Gasteiger partial charge is 0.259 e. The van der Waals surface area contributed by atoms with Crippen LogP contribution in [0.5, 0.6) is 11.5 Å². The normalized spacial score (nSPS) is 10.6. The molecule has 0 spiro atoms. The van der Waals surface area contributed by atoms with Crippen molar-refractivity contribution in [3.8, 4) is 11.5 Å². The Morgan fingerprint density at radius 1 is 1.24 bits per heavy atom. The van der Waals surface area contributed by atoms with E-state index < -0.39 is 0 Å². The van der Waals surface area contributed by atoms with Gasteiger partial charge in [0.25, 0.3) is 5.91 Å². The molecule has 0 saturated heterocycles. The number of hydrogen-bond acceptors (Lipinski definition) is 5. The van der Waals surface area contributed by atoms with E-state index in [1.54, 1.807) is 38.5 Å². The zero-order chi connectivity index (χ0) is 18.2. The van der Waals surface area contributed by atoms with Crippen LogP contribution in [0.4, 0.5) is 5.69 Å². The summed E-state index contributed by atoms with van der Waals surface area (Å²) >= 11 is 9.41. The third kappa shape index (κ3) is 5.37. The van der Waals surface area contributed by atoms with Crippen LogP contribution in [0.3, 0.4) is 0 Å². The van der Waals surface area contributed by atoms with E-state index in [0.717, 1.165) is 4.47 Å². The molecule has 8 heteroatoms. The number of nitrogens with zero attached hydrogens (tertiary/aromatic N) is 1. The van der Waals surface area contributed by atoms with Gasteiger partial charge >= 0.3 is 0 Å². The molecule has 132 valence electrons. The first-order valence-electron chi connectivity index (χ1n) is 7.27. The summed E-state index contributed by atoms with van der Waals surface area (Å²) in [5.41, 5.74) is 3.82. The molecule has 2 N–H and O–H groups in total. The molecule has 0 atom stereocenters. The van der Waals surface area contributed by atoms with Gasteiger partial charge in [-0.25, -0.2) is 5.43 Å². The second-order valence-electron chi connectivity index (χ2n) is 4.86. The van der Waals surface area contributed by atoms with Gasteiger partial charge in [-0.1, -0.05) is 23.7 Å². The number of rotatable bonds is 7. The predicted octanol–water partition coefficient (Wildman–Crippen LogP) is 3.68. The Kier molecular flexibility index (Phi) is 7.09. The minimum absolute atomic E-state index is 0.0461. The molecule has 0 saturated carbocycles. The van der Waals surface area contributed by atoms with E-state index in [1.165, 1.54) is 6.21 Å². The second kappa shape index (κ2) is 9.29. The largest absolute Gasteiger partial charge is 0.496 e. The van der Waals surface area contributed by atoms with Crippen LogP contribution in [-0.2, 0) is 4.79 Å². The lowest BCUT2D eigenvalue weighted by atomic mass is 10.2. The van der Waals surface area contributed by atoms with Crippen LogP contribution in [-0.4, -0.2) is 32.9 Å². The maximum atomic E-state index is 11.8. The maximum absolute atomic E-state index is 11.8. The summed E-state index contributed by atoms with van der Waals surface area (Å²) in [5.74, 6) is 0.914. The number of halogens is 2. The Balaban J connectivity index is 1.95. The number of anilines is 1. The van der Waals surface area contributed by atoms with Crippen molar-refractivity contribution in [3.63, 3.8) is 0 Å². The number of amides is 1. The molecule has 0 aromatic heterocycles. The van der Waals surface area contributed by atoms with Gasteiger partial charge in [-0.15, -0.1) is 0 Å². The van der Waals surface area contributed by atoms with Gasteiger partial charge in [0.1, 0.15) is 11.5 Å². The second-order valence-corrected chi connectivity index (χ2v) is 6.12. The highest BCUT2D eigenvalue weighted by atomic mass is 79.9. The third-order valence-corrected chi connectivity index (χ3v) is 4.16. The molecular weight excluding hydrogens is 410 g/mol. The number of carbonyl (C=O) groups is 1. The van der Waals surface area contributed by atoms with E-state index in [0.29, 0.717) is 27.8 Å². The van der Waals surface area contributed by atoms with Gasteiger partial charge in [-0.3, -0.25) is 4.79 Å². The van der Waals surface area contributed by atoms with Crippen LogP contribution in [0.2, 0.25) is 5.02 Å². The van der Waals surface area contributed by atoms with Crippen LogP contribution in [0, 0.1) is 0 Å². The van der Waals surface area contributed by atoms with Gasteiger partial charge in [-0.2, -0.15) is 5.10 Å². The minimum Gasteiger partial charge on any atom is -0.496 e. The number of benzene rings is 2. The quantitative estimate of drug-likeness (QED) is 0.523. The van der Waals surface area contributed by atoms with E-state index in [2.05, 4.69) is 31.8 Å². The van der Waals surface area contributed by atoms with Gasteiger partial charge in [0.2, 0.25) is 0 Å². The molecule has 0 bridgehead atoms. The molecule has 25 heavy (non-hydrogen) atoms. The van der Waals surface area contributed by atoms with E-state index in [4.69, 9.17) is 21.1 Å². The number of carbonyl (C=O) groups excluding carboxylic acids is 1. The fourth-order valence-electron chi connectivity index (χ4n) is 1.98. The summed E-state index contributed by atoms with van der Waals surface area (Å²) in [6.07, 6.45) is 1.50. The monoisotopic (exact) mass is 425 g/mol. The average Bonchev–Trinajstić information content (AvgIpc) is 2.61. The molecular formula is C17H17BrClN3O3. The average molecular weight is 427 g/mol. The van der Waals surface area contributed by atoms with Gasteiger partial charge in [0.05, 0.1) is 42.2 Å². The highest BCUT2D eigenvalue weighted by Gasteiger charge is 2.08. The minimum atomic E-state index is -0.303. The van der Waals surface area contributed by atoms with Crippen LogP contribution in [0.15, 0.2) is 46.0 Å². The van der Waals surface area contributed by atoms with Crippen molar-refractivity contribution in [3.05, 3.63) is 51.5 Å². The Labute approximate surface area is 159 Å². The zero-order valence-electron chi connectivity index (χ0n) is 13.7. The van der Waals surface area contributed by atoms with Gasteiger partial charge in [0, 0.05) is 11.6 Å². The Morgan fingerprint density at radius 2 is 1.96 bits per heavy atom. The van der Waals surface area contributed by atoms with Crippen molar-refractivity contribution >= 4 is 45.3 Å². The molecule has 6 nitrogen and oxygen atoms in total. The molecule has 0 aliphatic heterocycles. The van der Waals surface area contributed by atoms with Crippen LogP contribution in [0.1, 0.15) is 5.56 Å². The lowest BCUT2D eigenvalue weighted by molar-refractivity contribution is -0.119. The summed E-state index contributed by atoms with van der Waals surface area (Å²) in [7, 11) is 3.12. The molecule has 2 rings (SSSR count). The van der Waals surface area contributed by atoms with Crippen LogP contribution in [0.25, 0.3) is 0 Å². The molecule has 2 aromatic carbocycles. The Morgan fingerprint density at radius 3 is 2.64 bits per heavy atom. The maximum Gasteiger partial charge on any atom is 0.259 e. The summed E-state index contributed by atoms with van der Waals surface area (Å²) in [6.45, 7) is 0.0461. The first kappa shape index (κ1) is 19.1. The summed E-state index contributed by atoms with van der Waals surface area (Å²) < 4.78 is 11.2. The molecule has 2 aromatic rings. The number of nitrogens with one attached hydrogen (secondary N) is 2. The highest BCUT2D eigenvalue weighted by molar-refractivity contribution is 9.10. The first-order chi connectivity index (χ1) is 12.0. The van der Waals surface area contributed by atoms with Gasteiger partial charge in [0.15, 0.2) is 0 Å². The first-order valence-corrected chi connectivity index (χ1v) is 8.44. The highest BCUT2D eigenvalue weighted by Crippen LogP contribution is 2.31. The van der Waals surface area contributed by atoms with E-state index in [9.17, 15) is 4.79 Å². The number of hydrogen-bond donors (Lipinski definition) is 2. The van der Waals surface area contributed by atoms with E-state index in [1.807, 2.05) is 12.1 Å². The van der Waals surface area contributed by atoms with E-state index >= 15 is 0 Å². The summed E-state index contributed by atoms with van der Waals surface area (Å²) in [4.78, 5) is 11.8. The Hall–Kier alpha value is -2.25. The number of methoxy groups -OCH3 is 2. The fourth-order valence-corrected chi connectivity index (χ4v) is 2.70. The van der Waals surface area contributed by atoms with Gasteiger partial charge < -0.3 is 14.8 Å². The van der Waals surface area contributed by atoms with Crippen LogP contribution >= 0.6 is 27.5 Å². The van der Waals surface area contributed by atoms with Crippen molar-refractivity contribution in [2.24, 2.45) is 5.10 Å².